The normalized spacial score (nSPS) is 13.2. The van der Waals surface area contributed by atoms with Crippen molar-refractivity contribution in [3.8, 4) is 0 Å². The average Bonchev–Trinajstić information content (AvgIpc) is 2.74. The molecule has 0 radical (unpaired) electrons. The molecule has 0 saturated carbocycles. The van der Waals surface area contributed by atoms with Gasteiger partial charge in [0.25, 0.3) is 0 Å². The largest absolute Gasteiger partial charge is 0.383 e. The minimum absolute atomic E-state index is 0.307. The Hall–Kier alpha value is -0.940. The number of methoxy groups -OCH3 is 1. The molecule has 0 aromatic carbocycles. The highest BCUT2D eigenvalue weighted by molar-refractivity contribution is 4.91. The number of nitrogens with one attached hydrogen (secondary N) is 1. The first-order valence-electron chi connectivity index (χ1n) is 6.29. The van der Waals surface area contributed by atoms with E-state index in [4.69, 9.17) is 4.74 Å². The molecule has 1 aromatic rings. The second-order valence-electron chi connectivity index (χ2n) is 4.53. The fourth-order valence-corrected chi connectivity index (χ4v) is 1.81. The fraction of sp³-hybridized carbons (Fsp3) is 0.833. The van der Waals surface area contributed by atoms with Gasteiger partial charge < -0.3 is 10.1 Å². The van der Waals surface area contributed by atoms with Gasteiger partial charge in [0.1, 0.15) is 12.2 Å². The summed E-state index contributed by atoms with van der Waals surface area (Å²) in [6, 6.07) is 0.656. The lowest BCUT2D eigenvalue weighted by molar-refractivity contribution is 0.164. The second kappa shape index (κ2) is 7.40. The summed E-state index contributed by atoms with van der Waals surface area (Å²) in [5.74, 6) is 1.02. The Kier molecular flexibility index (Phi) is 6.15. The highest BCUT2D eigenvalue weighted by Gasteiger charge is 2.14. The molecule has 17 heavy (non-hydrogen) atoms. The average molecular weight is 240 g/mol. The van der Waals surface area contributed by atoms with Gasteiger partial charge in [0, 0.05) is 25.6 Å². The molecule has 0 bridgehead atoms. The van der Waals surface area contributed by atoms with Crippen LogP contribution in [0, 0.1) is 0 Å². The van der Waals surface area contributed by atoms with Crippen molar-refractivity contribution < 1.29 is 4.74 Å². The van der Waals surface area contributed by atoms with Gasteiger partial charge in [-0.1, -0.05) is 6.92 Å². The predicted octanol–water partition coefficient (Wildman–Crippen LogP) is 1.42. The maximum absolute atomic E-state index is 5.23. The van der Waals surface area contributed by atoms with Crippen LogP contribution in [0.3, 0.4) is 0 Å². The van der Waals surface area contributed by atoms with Crippen LogP contribution in [0.25, 0.3) is 0 Å². The fourth-order valence-electron chi connectivity index (χ4n) is 1.81. The maximum atomic E-state index is 5.23. The van der Waals surface area contributed by atoms with Crippen molar-refractivity contribution in [2.24, 2.45) is 0 Å². The van der Waals surface area contributed by atoms with Gasteiger partial charge in [0.2, 0.25) is 0 Å². The van der Waals surface area contributed by atoms with E-state index in [0.717, 1.165) is 25.2 Å². The highest BCUT2D eigenvalue weighted by Crippen LogP contribution is 2.07. The Balaban J connectivity index is 2.61. The molecule has 5 nitrogen and oxygen atoms in total. The molecule has 1 heterocycles. The minimum atomic E-state index is 0.307. The van der Waals surface area contributed by atoms with E-state index in [1.54, 1.807) is 13.4 Å². The molecule has 0 spiro atoms. The molecule has 1 N–H and O–H groups in total. The zero-order valence-electron chi connectivity index (χ0n) is 11.3. The summed E-state index contributed by atoms with van der Waals surface area (Å²) in [5.41, 5.74) is 0. The molecule has 1 aromatic heterocycles. The van der Waals surface area contributed by atoms with Crippen LogP contribution in [-0.2, 0) is 11.2 Å². The van der Waals surface area contributed by atoms with E-state index in [9.17, 15) is 0 Å². The Labute approximate surface area is 104 Å². The van der Waals surface area contributed by atoms with Crippen LogP contribution in [0.1, 0.15) is 39.1 Å². The molecule has 1 unspecified atom stereocenters. The number of aromatic nitrogens is 3. The summed E-state index contributed by atoms with van der Waals surface area (Å²) in [6.45, 7) is 8.09. The first-order valence-corrected chi connectivity index (χ1v) is 6.29. The third-order valence-corrected chi connectivity index (χ3v) is 2.62. The lowest BCUT2D eigenvalue weighted by Gasteiger charge is -2.18. The van der Waals surface area contributed by atoms with Crippen molar-refractivity contribution in [3.63, 3.8) is 0 Å². The monoisotopic (exact) mass is 240 g/mol. The molecule has 0 saturated heterocycles. The molecular formula is C12H24N4O. The molecule has 1 rings (SSSR count). The third-order valence-electron chi connectivity index (χ3n) is 2.62. The lowest BCUT2D eigenvalue weighted by Crippen LogP contribution is -2.36. The lowest BCUT2D eigenvalue weighted by atomic mass is 10.2. The molecule has 0 aliphatic carbocycles. The van der Waals surface area contributed by atoms with Crippen LogP contribution in [0.2, 0.25) is 0 Å². The summed E-state index contributed by atoms with van der Waals surface area (Å²) in [5, 5.41) is 7.71. The van der Waals surface area contributed by atoms with Crippen LogP contribution < -0.4 is 5.32 Å². The molecule has 1 atom stereocenters. The van der Waals surface area contributed by atoms with E-state index in [1.165, 1.54) is 0 Å². The number of ether oxygens (including phenoxy) is 1. The summed E-state index contributed by atoms with van der Waals surface area (Å²) in [6.07, 6.45) is 3.60. The summed E-state index contributed by atoms with van der Waals surface area (Å²) in [4.78, 5) is 4.32. The van der Waals surface area contributed by atoms with Crippen LogP contribution in [0.5, 0.6) is 0 Å². The van der Waals surface area contributed by atoms with Gasteiger partial charge in [-0.2, -0.15) is 5.10 Å². The van der Waals surface area contributed by atoms with Crippen molar-refractivity contribution in [1.29, 1.82) is 0 Å². The van der Waals surface area contributed by atoms with E-state index in [-0.39, 0.29) is 0 Å². The van der Waals surface area contributed by atoms with E-state index in [0.29, 0.717) is 18.7 Å². The molecule has 0 amide bonds. The Morgan fingerprint density at radius 1 is 1.47 bits per heavy atom. The minimum Gasteiger partial charge on any atom is -0.383 e. The standard InChI is InChI=1S/C12H24N4O/c1-5-6-13-11(8-17-4)7-12-14-9-15-16(12)10(2)3/h9-11,13H,5-8H2,1-4H3. The van der Waals surface area contributed by atoms with Crippen molar-refractivity contribution in [3.05, 3.63) is 12.2 Å². The van der Waals surface area contributed by atoms with E-state index in [1.807, 2.05) is 4.68 Å². The van der Waals surface area contributed by atoms with Gasteiger partial charge in [-0.15, -0.1) is 0 Å². The molecular weight excluding hydrogens is 216 g/mol. The molecule has 98 valence electrons. The Morgan fingerprint density at radius 2 is 2.24 bits per heavy atom. The number of nitrogens with zero attached hydrogens (tertiary/aromatic N) is 3. The maximum Gasteiger partial charge on any atom is 0.138 e. The number of hydrogen-bond donors (Lipinski definition) is 1. The smallest absolute Gasteiger partial charge is 0.138 e. The quantitative estimate of drug-likeness (QED) is 0.746. The molecule has 0 aliphatic rings. The van der Waals surface area contributed by atoms with E-state index in [2.05, 4.69) is 36.2 Å². The first kappa shape index (κ1) is 14.1. The van der Waals surface area contributed by atoms with Crippen molar-refractivity contribution in [2.45, 2.75) is 45.7 Å². The number of rotatable bonds is 8. The topological polar surface area (TPSA) is 52.0 Å². The van der Waals surface area contributed by atoms with Crippen LogP contribution in [0.15, 0.2) is 6.33 Å². The predicted molar refractivity (Wildman–Crippen MR) is 68.1 cm³/mol. The van der Waals surface area contributed by atoms with Crippen molar-refractivity contribution in [2.75, 3.05) is 20.3 Å². The highest BCUT2D eigenvalue weighted by atomic mass is 16.5. The summed E-state index contributed by atoms with van der Waals surface area (Å²) >= 11 is 0. The Bertz CT molecular complexity index is 311. The van der Waals surface area contributed by atoms with Gasteiger partial charge in [0.05, 0.1) is 6.61 Å². The van der Waals surface area contributed by atoms with Crippen LogP contribution >= 0.6 is 0 Å². The summed E-state index contributed by atoms with van der Waals surface area (Å²) in [7, 11) is 1.73. The van der Waals surface area contributed by atoms with Gasteiger partial charge in [-0.25, -0.2) is 9.67 Å². The zero-order chi connectivity index (χ0) is 12.7. The van der Waals surface area contributed by atoms with Gasteiger partial charge in [-0.3, -0.25) is 0 Å². The molecule has 0 fully saturated rings. The van der Waals surface area contributed by atoms with Crippen molar-refractivity contribution in [1.82, 2.24) is 20.1 Å². The second-order valence-corrected chi connectivity index (χ2v) is 4.53. The van der Waals surface area contributed by atoms with Crippen LogP contribution in [0.4, 0.5) is 0 Å². The van der Waals surface area contributed by atoms with E-state index >= 15 is 0 Å². The zero-order valence-corrected chi connectivity index (χ0v) is 11.3. The number of hydrogen-bond acceptors (Lipinski definition) is 4. The molecule has 5 heteroatoms. The molecule has 0 aliphatic heterocycles. The summed E-state index contributed by atoms with van der Waals surface area (Å²) < 4.78 is 7.20. The SMILES string of the molecule is CCCNC(COC)Cc1ncnn1C(C)C. The van der Waals surface area contributed by atoms with E-state index < -0.39 is 0 Å². The first-order chi connectivity index (χ1) is 8.19. The third kappa shape index (κ3) is 4.44. The van der Waals surface area contributed by atoms with Gasteiger partial charge in [-0.05, 0) is 26.8 Å². The Morgan fingerprint density at radius 3 is 2.82 bits per heavy atom. The van der Waals surface area contributed by atoms with Crippen LogP contribution in [-0.4, -0.2) is 41.1 Å². The van der Waals surface area contributed by atoms with Gasteiger partial charge >= 0.3 is 0 Å². The van der Waals surface area contributed by atoms with Gasteiger partial charge in [0.15, 0.2) is 0 Å². The van der Waals surface area contributed by atoms with Crippen molar-refractivity contribution >= 4 is 0 Å².